The summed E-state index contributed by atoms with van der Waals surface area (Å²) in [5.41, 5.74) is 10.2. The number of alkyl halides is 3. The summed E-state index contributed by atoms with van der Waals surface area (Å²) in [7, 11) is 1.57. The van der Waals surface area contributed by atoms with Gasteiger partial charge in [0.2, 0.25) is 5.95 Å². The van der Waals surface area contributed by atoms with E-state index in [1.54, 1.807) is 36.4 Å². The monoisotopic (exact) mass is 602 g/mol. The molecule has 4 N–H and O–H groups in total. The average molecular weight is 604 g/mol. The second-order valence-electron chi connectivity index (χ2n) is 7.60. The molecule has 3 aromatic rings. The molecule has 3 heterocycles. The quantitative estimate of drug-likeness (QED) is 0.378. The number of hydrogen-bond donors (Lipinski definition) is 3. The number of halogens is 5. The van der Waals surface area contributed by atoms with Crippen LogP contribution >= 0.6 is 27.5 Å². The Morgan fingerprint density at radius 2 is 1.92 bits per heavy atom. The van der Waals surface area contributed by atoms with E-state index in [0.717, 1.165) is 15.7 Å². The Hall–Kier alpha value is -3.65. The number of pyridine rings is 1. The molecule has 0 saturated carbocycles. The maximum Gasteiger partial charge on any atom is 0.490 e. The molecular formula is C22H19BrClF3N6O4. The number of nitrogens with one attached hydrogen (secondary N) is 1. The first-order valence-electron chi connectivity index (χ1n) is 10.3. The molecule has 2 amide bonds. The summed E-state index contributed by atoms with van der Waals surface area (Å²) < 4.78 is 37.8. The number of benzene rings is 1. The maximum absolute atomic E-state index is 12.8. The van der Waals surface area contributed by atoms with Crippen LogP contribution in [0, 0.1) is 6.92 Å². The van der Waals surface area contributed by atoms with E-state index in [4.69, 9.17) is 32.0 Å². The first-order valence-corrected chi connectivity index (χ1v) is 11.4. The van der Waals surface area contributed by atoms with E-state index < -0.39 is 12.1 Å². The number of carboxylic acid groups (broad SMARTS) is 1. The predicted molar refractivity (Wildman–Crippen MR) is 132 cm³/mol. The standard InChI is InChI=1S/C20H18BrClN6O2.C2HF3O2/c1-10-3-4-11(7-24-10)25-20(29)28-8-13-16(9-28)26-19(23)27-18(13)12-5-17(30-2)14(21)6-15(12)22;3-2(4,5)1(6)7/h3-7H,8-9H2,1-2H3,(H,25,29)(H2,23,26,27);(H,6,7). The van der Waals surface area contributed by atoms with Gasteiger partial charge in [0.25, 0.3) is 0 Å². The highest BCUT2D eigenvalue weighted by Gasteiger charge is 2.38. The van der Waals surface area contributed by atoms with Crippen molar-refractivity contribution >= 4 is 51.2 Å². The number of carbonyl (C=O) groups excluding carboxylic acids is 1. The van der Waals surface area contributed by atoms with Gasteiger partial charge >= 0.3 is 18.2 Å². The first-order chi connectivity index (χ1) is 17.3. The van der Waals surface area contributed by atoms with Crippen molar-refractivity contribution in [2.45, 2.75) is 26.2 Å². The SMILES string of the molecule is COc1cc(-c2nc(N)nc3c2CN(C(=O)Nc2ccc(C)nc2)C3)c(Cl)cc1Br.O=C(O)C(F)(F)F. The lowest BCUT2D eigenvalue weighted by Crippen LogP contribution is -2.30. The number of aliphatic carboxylic acids is 1. The minimum absolute atomic E-state index is 0.117. The number of amides is 2. The van der Waals surface area contributed by atoms with Crippen LogP contribution in [-0.2, 0) is 17.9 Å². The number of urea groups is 1. The Bertz CT molecular complexity index is 1340. The molecule has 4 rings (SSSR count). The fourth-order valence-corrected chi connectivity index (χ4v) is 4.14. The minimum Gasteiger partial charge on any atom is -0.496 e. The van der Waals surface area contributed by atoms with Crippen LogP contribution in [0.4, 0.5) is 29.6 Å². The van der Waals surface area contributed by atoms with Gasteiger partial charge in [-0.05, 0) is 47.1 Å². The van der Waals surface area contributed by atoms with Crippen molar-refractivity contribution in [3.8, 4) is 17.0 Å². The molecule has 37 heavy (non-hydrogen) atoms. The second-order valence-corrected chi connectivity index (χ2v) is 8.86. The number of ether oxygens (including phenoxy) is 1. The van der Waals surface area contributed by atoms with Gasteiger partial charge in [0.15, 0.2) is 0 Å². The Morgan fingerprint density at radius 3 is 2.49 bits per heavy atom. The number of anilines is 2. The van der Waals surface area contributed by atoms with Crippen LogP contribution < -0.4 is 15.8 Å². The van der Waals surface area contributed by atoms with Crippen LogP contribution in [0.25, 0.3) is 11.3 Å². The molecule has 10 nitrogen and oxygen atoms in total. The molecule has 0 saturated heterocycles. The fraction of sp³-hybridized carbons (Fsp3) is 0.227. The van der Waals surface area contributed by atoms with Gasteiger partial charge in [-0.3, -0.25) is 4.98 Å². The van der Waals surface area contributed by atoms with E-state index in [9.17, 15) is 18.0 Å². The van der Waals surface area contributed by atoms with Crippen LogP contribution in [0.1, 0.15) is 17.0 Å². The van der Waals surface area contributed by atoms with Crippen molar-refractivity contribution in [2.75, 3.05) is 18.2 Å². The molecule has 2 aromatic heterocycles. The summed E-state index contributed by atoms with van der Waals surface area (Å²) in [4.78, 5) is 36.2. The molecule has 15 heteroatoms. The molecule has 196 valence electrons. The van der Waals surface area contributed by atoms with Crippen molar-refractivity contribution in [2.24, 2.45) is 0 Å². The van der Waals surface area contributed by atoms with Gasteiger partial charge in [0.1, 0.15) is 5.75 Å². The summed E-state index contributed by atoms with van der Waals surface area (Å²) in [5.74, 6) is -2.03. The number of fused-ring (bicyclic) bond motifs is 1. The lowest BCUT2D eigenvalue weighted by molar-refractivity contribution is -0.192. The van der Waals surface area contributed by atoms with Crippen molar-refractivity contribution < 1.29 is 32.6 Å². The Labute approximate surface area is 221 Å². The molecular weight excluding hydrogens is 585 g/mol. The summed E-state index contributed by atoms with van der Waals surface area (Å²) in [6.45, 7) is 2.52. The highest BCUT2D eigenvalue weighted by molar-refractivity contribution is 9.10. The number of aromatic nitrogens is 3. The van der Waals surface area contributed by atoms with E-state index in [0.29, 0.717) is 46.5 Å². The minimum atomic E-state index is -5.08. The molecule has 1 aliphatic rings. The Morgan fingerprint density at radius 1 is 1.24 bits per heavy atom. The Kier molecular flexibility index (Phi) is 8.43. The summed E-state index contributed by atoms with van der Waals surface area (Å²) in [6, 6.07) is 6.91. The summed E-state index contributed by atoms with van der Waals surface area (Å²) in [5, 5.41) is 10.5. The van der Waals surface area contributed by atoms with E-state index >= 15 is 0 Å². The molecule has 0 atom stereocenters. The summed E-state index contributed by atoms with van der Waals surface area (Å²) >= 11 is 9.90. The number of rotatable bonds is 3. The third-order valence-electron chi connectivity index (χ3n) is 4.99. The van der Waals surface area contributed by atoms with Gasteiger partial charge in [-0.15, -0.1) is 0 Å². The van der Waals surface area contributed by atoms with Gasteiger partial charge in [-0.1, -0.05) is 11.6 Å². The lowest BCUT2D eigenvalue weighted by Gasteiger charge is -2.16. The van der Waals surface area contributed by atoms with Crippen LogP contribution in [0.3, 0.4) is 0 Å². The van der Waals surface area contributed by atoms with Gasteiger partial charge in [-0.25, -0.2) is 19.6 Å². The van der Waals surface area contributed by atoms with Crippen LogP contribution in [0.15, 0.2) is 34.9 Å². The number of carboxylic acids is 1. The van der Waals surface area contributed by atoms with E-state index in [1.807, 2.05) is 13.0 Å². The van der Waals surface area contributed by atoms with E-state index in [-0.39, 0.29) is 12.0 Å². The predicted octanol–water partition coefficient (Wildman–Crippen LogP) is 5.03. The lowest BCUT2D eigenvalue weighted by atomic mass is 10.1. The molecule has 1 aromatic carbocycles. The molecule has 0 bridgehead atoms. The smallest absolute Gasteiger partial charge is 0.490 e. The zero-order valence-electron chi connectivity index (χ0n) is 19.2. The molecule has 0 aliphatic carbocycles. The highest BCUT2D eigenvalue weighted by Crippen LogP contribution is 2.39. The number of aryl methyl sites for hydroxylation is 1. The Balaban J connectivity index is 0.000000479. The third kappa shape index (κ3) is 6.77. The summed E-state index contributed by atoms with van der Waals surface area (Å²) in [6.07, 6.45) is -3.46. The fourth-order valence-electron chi connectivity index (χ4n) is 3.25. The van der Waals surface area contributed by atoms with E-state index in [1.165, 1.54) is 0 Å². The number of methoxy groups -OCH3 is 1. The average Bonchev–Trinajstić information content (AvgIpc) is 3.24. The molecule has 0 radical (unpaired) electrons. The van der Waals surface area contributed by atoms with E-state index in [2.05, 4.69) is 36.2 Å². The zero-order chi connectivity index (χ0) is 27.5. The molecule has 0 fully saturated rings. The molecule has 0 spiro atoms. The third-order valence-corrected chi connectivity index (χ3v) is 5.92. The number of hydrogen-bond acceptors (Lipinski definition) is 7. The number of nitrogens with zero attached hydrogens (tertiary/aromatic N) is 4. The van der Waals surface area contributed by atoms with Crippen molar-refractivity contribution in [3.05, 3.63) is 56.9 Å². The van der Waals surface area contributed by atoms with Crippen LogP contribution in [0.5, 0.6) is 5.75 Å². The van der Waals surface area contributed by atoms with Crippen molar-refractivity contribution in [1.29, 1.82) is 0 Å². The van der Waals surface area contributed by atoms with Crippen LogP contribution in [-0.4, -0.2) is 50.2 Å². The number of nitrogen functional groups attached to an aromatic ring is 1. The van der Waals surface area contributed by atoms with Gasteiger partial charge in [0.05, 0.1) is 53.0 Å². The zero-order valence-corrected chi connectivity index (χ0v) is 21.6. The topological polar surface area (TPSA) is 144 Å². The second kappa shape index (κ2) is 11.2. The van der Waals surface area contributed by atoms with Gasteiger partial charge in [-0.2, -0.15) is 13.2 Å². The number of carbonyl (C=O) groups is 2. The van der Waals surface area contributed by atoms with Gasteiger partial charge in [0, 0.05) is 16.8 Å². The molecule has 0 unspecified atom stereocenters. The largest absolute Gasteiger partial charge is 0.496 e. The number of nitrogens with two attached hydrogens (primary N) is 1. The first kappa shape index (κ1) is 27.9. The van der Waals surface area contributed by atoms with Crippen molar-refractivity contribution in [3.63, 3.8) is 0 Å². The highest BCUT2D eigenvalue weighted by atomic mass is 79.9. The van der Waals surface area contributed by atoms with Crippen molar-refractivity contribution in [1.82, 2.24) is 19.9 Å². The van der Waals surface area contributed by atoms with Crippen LogP contribution in [0.2, 0.25) is 5.02 Å². The van der Waals surface area contributed by atoms with Gasteiger partial charge < -0.3 is 25.8 Å². The molecule has 1 aliphatic heterocycles. The normalized spacial score (nSPS) is 12.4. The maximum atomic E-state index is 12.8.